The highest BCUT2D eigenvalue weighted by Crippen LogP contribution is 2.29. The summed E-state index contributed by atoms with van der Waals surface area (Å²) in [5.41, 5.74) is 5.28. The largest absolute Gasteiger partial charge is 0.277 e. The number of aryl methyl sites for hydroxylation is 1. The van der Waals surface area contributed by atoms with E-state index in [9.17, 15) is 0 Å². The van der Waals surface area contributed by atoms with E-state index in [1.807, 2.05) is 18.2 Å². The molecule has 2 aromatic carbocycles. The standard InChI is InChI=1S/C16H13N5/c1-10-3-2-4-11(7-10)15-13-8-12(16-17-9-18-21-16)5-6-14(13)19-20-15/h2-9H,1H3,(H,19,20)(H,17,18,21). The maximum atomic E-state index is 4.46. The van der Waals surface area contributed by atoms with Crippen LogP contribution in [0.2, 0.25) is 0 Å². The van der Waals surface area contributed by atoms with Crippen molar-refractivity contribution in [1.29, 1.82) is 0 Å². The normalized spacial score (nSPS) is 11.1. The Kier molecular flexibility index (Phi) is 2.57. The Morgan fingerprint density at radius 3 is 2.71 bits per heavy atom. The monoisotopic (exact) mass is 275 g/mol. The van der Waals surface area contributed by atoms with Crippen molar-refractivity contribution in [1.82, 2.24) is 25.4 Å². The first kappa shape index (κ1) is 11.8. The second kappa shape index (κ2) is 4.56. The van der Waals surface area contributed by atoms with Crippen LogP contribution in [0.25, 0.3) is 33.5 Å². The average molecular weight is 275 g/mol. The molecule has 0 bridgehead atoms. The van der Waals surface area contributed by atoms with Gasteiger partial charge in [-0.3, -0.25) is 10.2 Å². The zero-order chi connectivity index (χ0) is 14.2. The molecule has 0 aliphatic carbocycles. The quantitative estimate of drug-likeness (QED) is 0.589. The Morgan fingerprint density at radius 1 is 0.952 bits per heavy atom. The van der Waals surface area contributed by atoms with Gasteiger partial charge in [0.05, 0.1) is 11.2 Å². The molecule has 0 atom stereocenters. The molecular formula is C16H13N5. The van der Waals surface area contributed by atoms with Crippen LogP contribution in [-0.4, -0.2) is 25.4 Å². The fraction of sp³-hybridized carbons (Fsp3) is 0.0625. The number of hydrogen-bond donors (Lipinski definition) is 2. The van der Waals surface area contributed by atoms with Crippen LogP contribution in [0.1, 0.15) is 5.56 Å². The Hall–Kier alpha value is -2.95. The average Bonchev–Trinajstić information content (AvgIpc) is 3.16. The molecule has 2 N–H and O–H groups in total. The van der Waals surface area contributed by atoms with E-state index in [2.05, 4.69) is 56.6 Å². The first-order valence-corrected chi connectivity index (χ1v) is 6.72. The topological polar surface area (TPSA) is 70.2 Å². The number of aromatic amines is 2. The first-order chi connectivity index (χ1) is 10.3. The maximum absolute atomic E-state index is 4.46. The Morgan fingerprint density at radius 2 is 1.90 bits per heavy atom. The number of hydrogen-bond acceptors (Lipinski definition) is 3. The minimum Gasteiger partial charge on any atom is -0.277 e. The van der Waals surface area contributed by atoms with Gasteiger partial charge in [-0.25, -0.2) is 4.98 Å². The number of fused-ring (bicyclic) bond motifs is 1. The van der Waals surface area contributed by atoms with E-state index < -0.39 is 0 Å². The van der Waals surface area contributed by atoms with Crippen molar-refractivity contribution in [2.45, 2.75) is 6.92 Å². The molecule has 102 valence electrons. The maximum Gasteiger partial charge on any atom is 0.155 e. The van der Waals surface area contributed by atoms with E-state index in [4.69, 9.17) is 0 Å². The van der Waals surface area contributed by atoms with Crippen molar-refractivity contribution in [3.63, 3.8) is 0 Å². The highest BCUT2D eigenvalue weighted by atomic mass is 15.2. The highest BCUT2D eigenvalue weighted by Gasteiger charge is 2.10. The summed E-state index contributed by atoms with van der Waals surface area (Å²) < 4.78 is 0. The van der Waals surface area contributed by atoms with Gasteiger partial charge in [0.2, 0.25) is 0 Å². The van der Waals surface area contributed by atoms with Crippen molar-refractivity contribution in [2.24, 2.45) is 0 Å². The molecule has 0 aliphatic heterocycles. The molecule has 0 fully saturated rings. The van der Waals surface area contributed by atoms with Crippen LogP contribution in [0.3, 0.4) is 0 Å². The van der Waals surface area contributed by atoms with Gasteiger partial charge in [-0.1, -0.05) is 23.8 Å². The number of rotatable bonds is 2. The lowest BCUT2D eigenvalue weighted by molar-refractivity contribution is 1.10. The number of H-pyrrole nitrogens is 2. The number of nitrogens with zero attached hydrogens (tertiary/aromatic N) is 3. The zero-order valence-corrected chi connectivity index (χ0v) is 11.5. The van der Waals surface area contributed by atoms with Crippen LogP contribution < -0.4 is 0 Å². The molecule has 5 nitrogen and oxygen atoms in total. The van der Waals surface area contributed by atoms with Gasteiger partial charge in [0.1, 0.15) is 6.33 Å². The molecular weight excluding hydrogens is 262 g/mol. The summed E-state index contributed by atoms with van der Waals surface area (Å²) in [4.78, 5) is 4.20. The molecule has 0 amide bonds. The third-order valence-electron chi connectivity index (χ3n) is 3.54. The van der Waals surface area contributed by atoms with E-state index in [1.54, 1.807) is 0 Å². The van der Waals surface area contributed by atoms with Gasteiger partial charge in [0.15, 0.2) is 5.82 Å². The number of aromatic nitrogens is 5. The lowest BCUT2D eigenvalue weighted by Gasteiger charge is -2.01. The Labute approximate surface area is 121 Å². The van der Waals surface area contributed by atoms with Crippen molar-refractivity contribution in [2.75, 3.05) is 0 Å². The minimum atomic E-state index is 0.758. The van der Waals surface area contributed by atoms with Gasteiger partial charge in [0.25, 0.3) is 0 Å². The summed E-state index contributed by atoms with van der Waals surface area (Å²) in [5, 5.41) is 15.4. The molecule has 0 aliphatic rings. The highest BCUT2D eigenvalue weighted by molar-refractivity contribution is 5.95. The zero-order valence-electron chi connectivity index (χ0n) is 11.5. The molecule has 4 aromatic rings. The van der Waals surface area contributed by atoms with Crippen LogP contribution in [-0.2, 0) is 0 Å². The van der Waals surface area contributed by atoms with Crippen LogP contribution >= 0.6 is 0 Å². The van der Waals surface area contributed by atoms with Gasteiger partial charge in [-0.2, -0.15) is 10.2 Å². The number of benzene rings is 2. The van der Waals surface area contributed by atoms with Gasteiger partial charge < -0.3 is 0 Å². The Bertz CT molecular complexity index is 905. The molecule has 2 aromatic heterocycles. The summed E-state index contributed by atoms with van der Waals surface area (Å²) >= 11 is 0. The van der Waals surface area contributed by atoms with Crippen LogP contribution in [0, 0.1) is 6.92 Å². The molecule has 0 radical (unpaired) electrons. The number of nitrogens with one attached hydrogen (secondary N) is 2. The van der Waals surface area contributed by atoms with Crippen molar-refractivity contribution < 1.29 is 0 Å². The fourth-order valence-corrected chi connectivity index (χ4v) is 2.52. The van der Waals surface area contributed by atoms with E-state index in [0.29, 0.717) is 0 Å². The molecule has 2 heterocycles. The third-order valence-corrected chi connectivity index (χ3v) is 3.54. The first-order valence-electron chi connectivity index (χ1n) is 6.72. The van der Waals surface area contributed by atoms with Crippen LogP contribution in [0.5, 0.6) is 0 Å². The Balaban J connectivity index is 1.92. The van der Waals surface area contributed by atoms with Gasteiger partial charge in [-0.15, -0.1) is 0 Å². The molecule has 21 heavy (non-hydrogen) atoms. The third kappa shape index (κ3) is 1.99. The summed E-state index contributed by atoms with van der Waals surface area (Å²) in [5.74, 6) is 0.758. The summed E-state index contributed by atoms with van der Waals surface area (Å²) in [6.07, 6.45) is 1.51. The van der Waals surface area contributed by atoms with Crippen molar-refractivity contribution in [3.8, 4) is 22.6 Å². The predicted octanol–water partition coefficient (Wildman–Crippen LogP) is 3.32. The van der Waals surface area contributed by atoms with E-state index >= 15 is 0 Å². The molecule has 0 unspecified atom stereocenters. The minimum absolute atomic E-state index is 0.758. The molecule has 0 saturated carbocycles. The van der Waals surface area contributed by atoms with E-state index in [1.165, 1.54) is 11.9 Å². The second-order valence-electron chi connectivity index (χ2n) is 5.04. The summed E-state index contributed by atoms with van der Waals surface area (Å²) in [6.45, 7) is 2.08. The van der Waals surface area contributed by atoms with Gasteiger partial charge >= 0.3 is 0 Å². The molecule has 4 rings (SSSR count). The summed E-state index contributed by atoms with van der Waals surface area (Å²) in [7, 11) is 0. The fourth-order valence-electron chi connectivity index (χ4n) is 2.52. The second-order valence-corrected chi connectivity index (χ2v) is 5.04. The predicted molar refractivity (Wildman–Crippen MR) is 81.6 cm³/mol. The van der Waals surface area contributed by atoms with Crippen LogP contribution in [0.15, 0.2) is 48.8 Å². The van der Waals surface area contributed by atoms with E-state index in [-0.39, 0.29) is 0 Å². The van der Waals surface area contributed by atoms with Gasteiger partial charge in [-0.05, 0) is 31.2 Å². The van der Waals surface area contributed by atoms with Gasteiger partial charge in [0, 0.05) is 16.5 Å². The molecule has 0 spiro atoms. The lowest BCUT2D eigenvalue weighted by Crippen LogP contribution is -1.83. The SMILES string of the molecule is Cc1cccc(-c2n[nH]c3ccc(-c4ncn[nH]4)cc23)c1. The van der Waals surface area contributed by atoms with E-state index in [0.717, 1.165) is 33.5 Å². The lowest BCUT2D eigenvalue weighted by atomic mass is 10.0. The smallest absolute Gasteiger partial charge is 0.155 e. The summed E-state index contributed by atoms with van der Waals surface area (Å²) in [6, 6.07) is 14.4. The molecule has 0 saturated heterocycles. The van der Waals surface area contributed by atoms with Crippen molar-refractivity contribution in [3.05, 3.63) is 54.4 Å². The van der Waals surface area contributed by atoms with Crippen LogP contribution in [0.4, 0.5) is 0 Å². The van der Waals surface area contributed by atoms with Crippen molar-refractivity contribution >= 4 is 10.9 Å². The molecule has 5 heteroatoms.